The predicted octanol–water partition coefficient (Wildman–Crippen LogP) is 3.53. The first-order chi connectivity index (χ1) is 15.2. The van der Waals surface area contributed by atoms with Crippen LogP contribution in [0.15, 0.2) is 53.4 Å². The second kappa shape index (κ2) is 8.50. The van der Waals surface area contributed by atoms with Crippen molar-refractivity contribution in [3.05, 3.63) is 48.5 Å². The Balaban J connectivity index is 1.21. The van der Waals surface area contributed by atoms with Crippen LogP contribution in [0.1, 0.15) is 31.7 Å². The number of anilines is 2. The van der Waals surface area contributed by atoms with Crippen LogP contribution in [-0.4, -0.2) is 44.3 Å². The number of hydrogen-bond donors (Lipinski definition) is 1. The zero-order valence-corrected chi connectivity index (χ0v) is 17.7. The Morgan fingerprint density at radius 2 is 1.97 bits per heavy atom. The minimum atomic E-state index is -0.188. The molecule has 0 unspecified atom stereocenters. The number of nitrogens with zero attached hydrogens (tertiary/aromatic N) is 5. The highest BCUT2D eigenvalue weighted by Gasteiger charge is 2.28. The third kappa shape index (κ3) is 4.32. The monoisotopic (exact) mass is 434 g/mol. The summed E-state index contributed by atoms with van der Waals surface area (Å²) in [7, 11) is 0. The fourth-order valence-electron chi connectivity index (χ4n) is 3.69. The van der Waals surface area contributed by atoms with E-state index in [0.29, 0.717) is 24.1 Å². The summed E-state index contributed by atoms with van der Waals surface area (Å²) >= 11 is 1.75. The summed E-state index contributed by atoms with van der Waals surface area (Å²) in [5.41, 5.74) is 2.46. The number of carbonyl (C=O) groups excluding carboxylic acids is 2. The lowest BCUT2D eigenvalue weighted by Gasteiger charge is -2.29. The normalized spacial score (nSPS) is 15.4. The van der Waals surface area contributed by atoms with Crippen molar-refractivity contribution in [1.82, 2.24) is 20.2 Å². The van der Waals surface area contributed by atoms with Gasteiger partial charge in [0.25, 0.3) is 0 Å². The highest BCUT2D eigenvalue weighted by molar-refractivity contribution is 7.99. The number of hydrogen-bond acceptors (Lipinski definition) is 6. The highest BCUT2D eigenvalue weighted by Crippen LogP contribution is 2.37. The lowest BCUT2D eigenvalue weighted by Crippen LogP contribution is -2.35. The second-order valence-corrected chi connectivity index (χ2v) is 8.81. The van der Waals surface area contributed by atoms with E-state index in [9.17, 15) is 9.59 Å². The molecule has 9 heteroatoms. The molecule has 2 heterocycles. The van der Waals surface area contributed by atoms with Crippen molar-refractivity contribution in [2.45, 2.75) is 36.6 Å². The third-order valence-corrected chi connectivity index (χ3v) is 6.43. The van der Waals surface area contributed by atoms with Gasteiger partial charge in [0, 0.05) is 41.3 Å². The van der Waals surface area contributed by atoms with Crippen LogP contribution in [-0.2, 0) is 9.59 Å². The minimum Gasteiger partial charge on any atom is -0.326 e. The minimum absolute atomic E-state index is 0.0275. The zero-order chi connectivity index (χ0) is 21.2. The summed E-state index contributed by atoms with van der Waals surface area (Å²) in [6.07, 6.45) is 2.48. The molecule has 0 bridgehead atoms. The number of benzene rings is 2. The summed E-state index contributed by atoms with van der Waals surface area (Å²) in [5.74, 6) is 1.35. The van der Waals surface area contributed by atoms with Crippen LogP contribution >= 0.6 is 11.8 Å². The lowest BCUT2D eigenvalue weighted by atomic mass is 10.1. The van der Waals surface area contributed by atoms with Gasteiger partial charge in [-0.15, -0.1) is 16.9 Å². The van der Waals surface area contributed by atoms with Crippen LogP contribution in [0.25, 0.3) is 11.4 Å². The lowest BCUT2D eigenvalue weighted by molar-refractivity contribution is -0.122. The Morgan fingerprint density at radius 1 is 1.10 bits per heavy atom. The number of rotatable bonds is 6. The largest absolute Gasteiger partial charge is 0.326 e. The maximum atomic E-state index is 12.7. The Bertz CT molecular complexity index is 1130. The number of aromatic nitrogens is 4. The van der Waals surface area contributed by atoms with E-state index in [1.807, 2.05) is 53.2 Å². The topological polar surface area (TPSA) is 93.0 Å². The van der Waals surface area contributed by atoms with Crippen molar-refractivity contribution in [2.75, 3.05) is 22.5 Å². The summed E-state index contributed by atoms with van der Waals surface area (Å²) in [6.45, 7) is 0.667. The van der Waals surface area contributed by atoms with Crippen LogP contribution in [0.3, 0.4) is 0 Å². The molecule has 0 saturated heterocycles. The van der Waals surface area contributed by atoms with E-state index < -0.39 is 0 Å². The molecule has 2 aromatic carbocycles. The van der Waals surface area contributed by atoms with Crippen LogP contribution in [0, 0.1) is 0 Å². The fraction of sp³-hybridized carbons (Fsp3) is 0.318. The van der Waals surface area contributed by atoms with Crippen LogP contribution in [0.2, 0.25) is 0 Å². The smallest absolute Gasteiger partial charge is 0.227 e. The van der Waals surface area contributed by atoms with Crippen molar-refractivity contribution in [3.8, 4) is 11.4 Å². The van der Waals surface area contributed by atoms with Gasteiger partial charge in [0.2, 0.25) is 11.8 Å². The van der Waals surface area contributed by atoms with Gasteiger partial charge in [-0.1, -0.05) is 24.3 Å². The van der Waals surface area contributed by atoms with Crippen molar-refractivity contribution in [1.29, 1.82) is 0 Å². The van der Waals surface area contributed by atoms with Gasteiger partial charge in [-0.05, 0) is 47.5 Å². The molecule has 31 heavy (non-hydrogen) atoms. The van der Waals surface area contributed by atoms with Crippen molar-refractivity contribution in [2.24, 2.45) is 0 Å². The molecule has 1 aliphatic carbocycles. The molecule has 158 valence electrons. The first-order valence-electron chi connectivity index (χ1n) is 10.4. The molecule has 5 rings (SSSR count). The SMILES string of the molecule is O=C(CCC(=O)N1CCSc2ccccc21)Nc1cccc(-c2nnnn2C2CC2)c1. The van der Waals surface area contributed by atoms with Gasteiger partial charge in [-0.3, -0.25) is 9.59 Å². The van der Waals surface area contributed by atoms with E-state index in [1.54, 1.807) is 16.7 Å². The third-order valence-electron chi connectivity index (χ3n) is 5.39. The maximum absolute atomic E-state index is 12.7. The number of para-hydroxylation sites is 1. The molecule has 1 saturated carbocycles. The molecule has 1 aromatic heterocycles. The van der Waals surface area contributed by atoms with E-state index in [0.717, 1.165) is 34.7 Å². The number of thioether (sulfide) groups is 1. The van der Waals surface area contributed by atoms with Crippen LogP contribution in [0.4, 0.5) is 11.4 Å². The average Bonchev–Trinajstić information content (AvgIpc) is 3.53. The van der Waals surface area contributed by atoms with Gasteiger partial charge in [-0.2, -0.15) is 0 Å². The number of fused-ring (bicyclic) bond motifs is 1. The van der Waals surface area contributed by atoms with Crippen molar-refractivity contribution in [3.63, 3.8) is 0 Å². The van der Waals surface area contributed by atoms with Gasteiger partial charge in [0.1, 0.15) is 0 Å². The first kappa shape index (κ1) is 19.7. The van der Waals surface area contributed by atoms with E-state index in [4.69, 9.17) is 0 Å². The number of carbonyl (C=O) groups is 2. The van der Waals surface area contributed by atoms with Gasteiger partial charge < -0.3 is 10.2 Å². The molecule has 1 N–H and O–H groups in total. The molecule has 2 amide bonds. The maximum Gasteiger partial charge on any atom is 0.227 e. The highest BCUT2D eigenvalue weighted by atomic mass is 32.2. The average molecular weight is 435 g/mol. The summed E-state index contributed by atoms with van der Waals surface area (Å²) < 4.78 is 1.84. The fourth-order valence-corrected chi connectivity index (χ4v) is 4.69. The molecule has 1 aliphatic heterocycles. The van der Waals surface area contributed by atoms with Gasteiger partial charge in [0.15, 0.2) is 5.82 Å². The number of amides is 2. The number of nitrogens with one attached hydrogen (secondary N) is 1. The molecular formula is C22H22N6O2S. The molecule has 0 atom stereocenters. The molecule has 3 aromatic rings. The molecule has 2 aliphatic rings. The summed E-state index contributed by atoms with van der Waals surface area (Å²) in [6, 6.07) is 15.7. The van der Waals surface area contributed by atoms with Crippen molar-refractivity contribution >= 4 is 35.0 Å². The predicted molar refractivity (Wildman–Crippen MR) is 119 cm³/mol. The standard InChI is InChI=1S/C22H22N6O2S/c29-20(10-11-21(30)27-12-13-31-19-7-2-1-6-18(19)27)23-16-5-3-4-15(14-16)22-24-25-26-28(22)17-8-9-17/h1-7,14,17H,8-13H2,(H,23,29). The molecule has 8 nitrogen and oxygen atoms in total. The quantitative estimate of drug-likeness (QED) is 0.638. The summed E-state index contributed by atoms with van der Waals surface area (Å²) in [5, 5.41) is 14.9. The molecule has 0 spiro atoms. The molecular weight excluding hydrogens is 412 g/mol. The Morgan fingerprint density at radius 3 is 2.84 bits per heavy atom. The Kier molecular flexibility index (Phi) is 5.42. The van der Waals surface area contributed by atoms with Crippen molar-refractivity contribution < 1.29 is 9.59 Å². The van der Waals surface area contributed by atoms with E-state index in [-0.39, 0.29) is 24.7 Å². The zero-order valence-electron chi connectivity index (χ0n) is 16.9. The summed E-state index contributed by atoms with van der Waals surface area (Å²) in [4.78, 5) is 28.1. The van der Waals surface area contributed by atoms with E-state index in [2.05, 4.69) is 20.8 Å². The van der Waals surface area contributed by atoms with Gasteiger partial charge in [0.05, 0.1) is 11.7 Å². The van der Waals surface area contributed by atoms with Crippen LogP contribution in [0.5, 0.6) is 0 Å². The van der Waals surface area contributed by atoms with E-state index in [1.165, 1.54) is 0 Å². The van der Waals surface area contributed by atoms with Gasteiger partial charge >= 0.3 is 0 Å². The second-order valence-electron chi connectivity index (χ2n) is 7.67. The molecule has 0 radical (unpaired) electrons. The Hall–Kier alpha value is -3.20. The number of tetrazole rings is 1. The van der Waals surface area contributed by atoms with Crippen LogP contribution < -0.4 is 10.2 Å². The molecule has 1 fully saturated rings. The van der Waals surface area contributed by atoms with Gasteiger partial charge in [-0.25, -0.2) is 4.68 Å². The van der Waals surface area contributed by atoms with E-state index >= 15 is 0 Å². The first-order valence-corrected chi connectivity index (χ1v) is 11.4. The Labute approximate surface area is 184 Å².